The normalized spacial score (nSPS) is 11.8. The second-order valence-corrected chi connectivity index (χ2v) is 5.50. The number of carbonyl (C=O) groups is 2. The summed E-state index contributed by atoms with van der Waals surface area (Å²) in [4.78, 5) is 35.1. The van der Waals surface area contributed by atoms with Crippen molar-refractivity contribution in [1.29, 1.82) is 0 Å². The summed E-state index contributed by atoms with van der Waals surface area (Å²) in [5, 5.41) is 11.7. The number of aliphatic carboxylic acids is 1. The van der Waals surface area contributed by atoms with Crippen molar-refractivity contribution in [3.05, 3.63) is 33.7 Å². The van der Waals surface area contributed by atoms with E-state index in [9.17, 15) is 14.4 Å². The lowest BCUT2D eigenvalue weighted by molar-refractivity contribution is -0.141. The molecule has 8 heteroatoms. The lowest BCUT2D eigenvalue weighted by Crippen LogP contribution is -2.39. The summed E-state index contributed by atoms with van der Waals surface area (Å²) in [6.45, 7) is 3.02. The monoisotopic (exact) mass is 349 g/mol. The molecule has 0 aliphatic carbocycles. The number of fused-ring (bicyclic) bond motifs is 1. The van der Waals surface area contributed by atoms with Crippen LogP contribution in [0.4, 0.5) is 0 Å². The molecule has 0 saturated carbocycles. The van der Waals surface area contributed by atoms with Crippen LogP contribution in [0.5, 0.6) is 11.5 Å². The average Bonchev–Trinajstić information content (AvgIpc) is 2.56. The van der Waals surface area contributed by atoms with Crippen LogP contribution in [0.3, 0.4) is 0 Å². The Balaban J connectivity index is 2.50. The van der Waals surface area contributed by atoms with Crippen LogP contribution in [0.25, 0.3) is 11.0 Å². The van der Waals surface area contributed by atoms with E-state index in [2.05, 4.69) is 5.32 Å². The third-order valence-electron chi connectivity index (χ3n) is 3.86. The first-order valence-corrected chi connectivity index (χ1v) is 7.49. The maximum Gasteiger partial charge on any atom is 0.340 e. The van der Waals surface area contributed by atoms with Crippen molar-refractivity contribution in [2.24, 2.45) is 0 Å². The minimum Gasteiger partial charge on any atom is -0.496 e. The van der Waals surface area contributed by atoms with E-state index in [0.29, 0.717) is 22.4 Å². The topological polar surface area (TPSA) is 115 Å². The van der Waals surface area contributed by atoms with Gasteiger partial charge in [-0.25, -0.2) is 4.79 Å². The van der Waals surface area contributed by atoms with Gasteiger partial charge in [0.2, 0.25) is 5.91 Å². The van der Waals surface area contributed by atoms with E-state index in [1.807, 2.05) is 0 Å². The number of amides is 1. The molecular weight excluding hydrogens is 330 g/mol. The molecule has 1 aromatic heterocycles. The van der Waals surface area contributed by atoms with Gasteiger partial charge in [0.05, 0.1) is 31.6 Å². The van der Waals surface area contributed by atoms with Gasteiger partial charge >= 0.3 is 11.6 Å². The van der Waals surface area contributed by atoms with Gasteiger partial charge < -0.3 is 24.3 Å². The number of rotatable bonds is 6. The number of methoxy groups -OCH3 is 2. The van der Waals surface area contributed by atoms with Crippen LogP contribution in [-0.2, 0) is 16.0 Å². The van der Waals surface area contributed by atoms with Crippen LogP contribution in [0.1, 0.15) is 18.1 Å². The Morgan fingerprint density at radius 3 is 2.52 bits per heavy atom. The van der Waals surface area contributed by atoms with Crippen LogP contribution in [-0.4, -0.2) is 37.2 Å². The Kier molecular flexibility index (Phi) is 5.31. The smallest absolute Gasteiger partial charge is 0.340 e. The summed E-state index contributed by atoms with van der Waals surface area (Å²) >= 11 is 0. The molecule has 1 aromatic carbocycles. The number of benzene rings is 1. The van der Waals surface area contributed by atoms with E-state index in [4.69, 9.17) is 19.0 Å². The molecule has 0 saturated heterocycles. The van der Waals surface area contributed by atoms with E-state index in [1.54, 1.807) is 19.1 Å². The highest BCUT2D eigenvalue weighted by Gasteiger charge is 2.20. The van der Waals surface area contributed by atoms with Gasteiger partial charge in [-0.3, -0.25) is 9.59 Å². The zero-order valence-corrected chi connectivity index (χ0v) is 14.3. The van der Waals surface area contributed by atoms with Crippen molar-refractivity contribution in [3.8, 4) is 11.5 Å². The van der Waals surface area contributed by atoms with Crippen molar-refractivity contribution in [3.63, 3.8) is 0 Å². The van der Waals surface area contributed by atoms with Crippen molar-refractivity contribution >= 4 is 22.8 Å². The SMILES string of the molecule is COc1cc(OC)c2c(C)c(CC(=O)NC(C)C(=O)O)c(=O)oc2c1. The lowest BCUT2D eigenvalue weighted by atomic mass is 10.0. The van der Waals surface area contributed by atoms with Crippen molar-refractivity contribution < 1.29 is 28.6 Å². The number of aryl methyl sites for hydroxylation is 1. The van der Waals surface area contributed by atoms with Crippen LogP contribution >= 0.6 is 0 Å². The number of hydrogen-bond acceptors (Lipinski definition) is 6. The van der Waals surface area contributed by atoms with Gasteiger partial charge in [0, 0.05) is 12.1 Å². The Morgan fingerprint density at radius 2 is 1.96 bits per heavy atom. The van der Waals surface area contributed by atoms with E-state index in [-0.39, 0.29) is 17.6 Å². The van der Waals surface area contributed by atoms with Crippen molar-refractivity contribution in [2.45, 2.75) is 26.3 Å². The molecule has 0 spiro atoms. The molecule has 2 N–H and O–H groups in total. The molecule has 1 heterocycles. The van der Waals surface area contributed by atoms with Gasteiger partial charge in [0.25, 0.3) is 0 Å². The summed E-state index contributed by atoms with van der Waals surface area (Å²) in [7, 11) is 2.95. The highest BCUT2D eigenvalue weighted by molar-refractivity contribution is 5.91. The third kappa shape index (κ3) is 3.73. The summed E-state index contributed by atoms with van der Waals surface area (Å²) in [6, 6.07) is 2.15. The Labute approximate surface area is 143 Å². The van der Waals surface area contributed by atoms with Crippen LogP contribution in [0, 0.1) is 6.92 Å². The van der Waals surface area contributed by atoms with Gasteiger partial charge in [-0.1, -0.05) is 0 Å². The second kappa shape index (κ2) is 7.25. The zero-order chi connectivity index (χ0) is 18.7. The van der Waals surface area contributed by atoms with Crippen LogP contribution < -0.4 is 20.4 Å². The minimum atomic E-state index is -1.16. The summed E-state index contributed by atoms with van der Waals surface area (Å²) in [5.41, 5.74) is 0.287. The molecule has 0 fully saturated rings. The van der Waals surface area contributed by atoms with E-state index in [0.717, 1.165) is 0 Å². The molecule has 0 bridgehead atoms. The van der Waals surface area contributed by atoms with Gasteiger partial charge in [0.15, 0.2) is 0 Å². The maximum atomic E-state index is 12.3. The summed E-state index contributed by atoms with van der Waals surface area (Å²) in [5.74, 6) is -0.842. The highest BCUT2D eigenvalue weighted by atomic mass is 16.5. The predicted molar refractivity (Wildman–Crippen MR) is 89.3 cm³/mol. The molecule has 1 unspecified atom stereocenters. The molecule has 0 radical (unpaired) electrons. The highest BCUT2D eigenvalue weighted by Crippen LogP contribution is 2.33. The average molecular weight is 349 g/mol. The van der Waals surface area contributed by atoms with Gasteiger partial charge in [-0.15, -0.1) is 0 Å². The summed E-state index contributed by atoms with van der Waals surface area (Å²) < 4.78 is 15.8. The van der Waals surface area contributed by atoms with Gasteiger partial charge in [-0.2, -0.15) is 0 Å². The number of nitrogens with one attached hydrogen (secondary N) is 1. The molecule has 8 nitrogen and oxygen atoms in total. The Bertz CT molecular complexity index is 885. The molecule has 1 atom stereocenters. The van der Waals surface area contributed by atoms with Crippen molar-refractivity contribution in [2.75, 3.05) is 14.2 Å². The standard InChI is InChI=1S/C17H19NO7/c1-8-11(7-14(19)18-9(2)16(20)21)17(22)25-13-6-10(23-3)5-12(24-4)15(8)13/h5-6,9H,7H2,1-4H3,(H,18,19)(H,20,21). The lowest BCUT2D eigenvalue weighted by Gasteiger charge is -2.13. The van der Waals surface area contributed by atoms with Crippen LogP contribution in [0.2, 0.25) is 0 Å². The number of carbonyl (C=O) groups excluding carboxylic acids is 1. The quantitative estimate of drug-likeness (QED) is 0.754. The zero-order valence-electron chi connectivity index (χ0n) is 14.3. The molecule has 0 aliphatic rings. The van der Waals surface area contributed by atoms with Gasteiger partial charge in [-0.05, 0) is 19.4 Å². The largest absolute Gasteiger partial charge is 0.496 e. The molecule has 2 rings (SSSR count). The van der Waals surface area contributed by atoms with Gasteiger partial charge in [0.1, 0.15) is 23.1 Å². The fourth-order valence-electron chi connectivity index (χ4n) is 2.48. The third-order valence-corrected chi connectivity index (χ3v) is 3.86. The number of ether oxygens (including phenoxy) is 2. The molecule has 134 valence electrons. The van der Waals surface area contributed by atoms with Crippen molar-refractivity contribution in [1.82, 2.24) is 5.32 Å². The first kappa shape index (κ1) is 18.3. The minimum absolute atomic E-state index is 0.144. The molecule has 2 aromatic rings. The van der Waals surface area contributed by atoms with E-state index < -0.39 is 23.5 Å². The molecule has 0 aliphatic heterocycles. The number of carboxylic acid groups (broad SMARTS) is 1. The first-order chi connectivity index (χ1) is 11.8. The molecular formula is C17H19NO7. The Morgan fingerprint density at radius 1 is 1.28 bits per heavy atom. The first-order valence-electron chi connectivity index (χ1n) is 7.49. The molecule has 1 amide bonds. The fourth-order valence-corrected chi connectivity index (χ4v) is 2.48. The fraction of sp³-hybridized carbons (Fsp3) is 0.353. The van der Waals surface area contributed by atoms with E-state index in [1.165, 1.54) is 21.1 Å². The van der Waals surface area contributed by atoms with Crippen LogP contribution in [0.15, 0.2) is 21.3 Å². The summed E-state index contributed by atoms with van der Waals surface area (Å²) in [6.07, 6.45) is -0.295. The number of carboxylic acids is 1. The second-order valence-electron chi connectivity index (χ2n) is 5.50. The molecule has 25 heavy (non-hydrogen) atoms. The predicted octanol–water partition coefficient (Wildman–Crippen LogP) is 1.25. The maximum absolute atomic E-state index is 12.3. The number of hydrogen-bond donors (Lipinski definition) is 2. The Hall–Kier alpha value is -3.03. The van der Waals surface area contributed by atoms with E-state index >= 15 is 0 Å².